The van der Waals surface area contributed by atoms with E-state index in [0.29, 0.717) is 6.04 Å². The molecular formula is C16H34N2. The van der Waals surface area contributed by atoms with Crippen molar-refractivity contribution in [3.8, 4) is 0 Å². The van der Waals surface area contributed by atoms with Crippen molar-refractivity contribution in [3.63, 3.8) is 0 Å². The smallest absolute Gasteiger partial charge is 0.00952 e. The summed E-state index contributed by atoms with van der Waals surface area (Å²) in [5.41, 5.74) is 5.81. The summed E-state index contributed by atoms with van der Waals surface area (Å²) in [6.07, 6.45) is 11.0. The summed E-state index contributed by atoms with van der Waals surface area (Å²) in [6.45, 7) is 9.36. The van der Waals surface area contributed by atoms with Crippen LogP contribution >= 0.6 is 0 Å². The number of nitrogens with zero attached hydrogens (tertiary/aromatic N) is 1. The van der Waals surface area contributed by atoms with Crippen LogP contribution in [0.1, 0.15) is 72.1 Å². The molecule has 0 aromatic heterocycles. The Morgan fingerprint density at radius 2 is 1.78 bits per heavy atom. The van der Waals surface area contributed by atoms with Crippen molar-refractivity contribution in [2.75, 3.05) is 13.1 Å². The van der Waals surface area contributed by atoms with Gasteiger partial charge in [0.15, 0.2) is 0 Å². The van der Waals surface area contributed by atoms with Crippen LogP contribution in [0.3, 0.4) is 0 Å². The van der Waals surface area contributed by atoms with Gasteiger partial charge in [0.2, 0.25) is 0 Å². The van der Waals surface area contributed by atoms with Crippen molar-refractivity contribution >= 4 is 0 Å². The molecule has 0 aromatic carbocycles. The molecule has 0 saturated heterocycles. The van der Waals surface area contributed by atoms with Gasteiger partial charge in [-0.15, -0.1) is 0 Å². The topological polar surface area (TPSA) is 29.3 Å². The Bertz CT molecular complexity index is 197. The van der Waals surface area contributed by atoms with Crippen molar-refractivity contribution < 1.29 is 0 Å². The lowest BCUT2D eigenvalue weighted by atomic mass is 9.93. The third kappa shape index (κ3) is 6.19. The highest BCUT2D eigenvalue weighted by Crippen LogP contribution is 2.24. The van der Waals surface area contributed by atoms with E-state index in [2.05, 4.69) is 25.7 Å². The van der Waals surface area contributed by atoms with Crippen LogP contribution in [0.25, 0.3) is 0 Å². The molecule has 18 heavy (non-hydrogen) atoms. The molecular weight excluding hydrogens is 220 g/mol. The predicted octanol–water partition coefficient (Wildman–Crippen LogP) is 3.79. The number of nitrogens with two attached hydrogens (primary N) is 1. The quantitative estimate of drug-likeness (QED) is 0.714. The van der Waals surface area contributed by atoms with E-state index in [-0.39, 0.29) is 0 Å². The molecule has 2 atom stereocenters. The molecule has 0 heterocycles. The lowest BCUT2D eigenvalue weighted by molar-refractivity contribution is 0.140. The first kappa shape index (κ1) is 16.0. The average Bonchev–Trinajstić information content (AvgIpc) is 2.36. The summed E-state index contributed by atoms with van der Waals surface area (Å²) < 4.78 is 0. The Balaban J connectivity index is 2.23. The molecule has 0 radical (unpaired) electrons. The molecule has 1 rings (SSSR count). The first-order valence-electron chi connectivity index (χ1n) is 8.13. The second kappa shape index (κ2) is 8.92. The Morgan fingerprint density at radius 1 is 1.11 bits per heavy atom. The van der Waals surface area contributed by atoms with Gasteiger partial charge in [-0.2, -0.15) is 0 Å². The predicted molar refractivity (Wildman–Crippen MR) is 80.8 cm³/mol. The van der Waals surface area contributed by atoms with Crippen molar-refractivity contribution in [1.29, 1.82) is 0 Å². The third-order valence-electron chi connectivity index (χ3n) is 4.40. The van der Waals surface area contributed by atoms with E-state index in [1.807, 2.05) is 0 Å². The second-order valence-electron chi connectivity index (χ2n) is 6.39. The van der Waals surface area contributed by atoms with Gasteiger partial charge in [-0.3, -0.25) is 0 Å². The Morgan fingerprint density at radius 3 is 2.33 bits per heavy atom. The SMILES string of the molecule is CCN(CC(C)CCCC(C)N)C1CCCCC1. The summed E-state index contributed by atoms with van der Waals surface area (Å²) in [7, 11) is 0. The van der Waals surface area contributed by atoms with E-state index in [0.717, 1.165) is 12.0 Å². The van der Waals surface area contributed by atoms with E-state index in [9.17, 15) is 0 Å². The molecule has 0 aromatic rings. The van der Waals surface area contributed by atoms with Gasteiger partial charge in [0.1, 0.15) is 0 Å². The Kier molecular flexibility index (Phi) is 7.92. The van der Waals surface area contributed by atoms with Crippen LogP contribution in [0, 0.1) is 5.92 Å². The van der Waals surface area contributed by atoms with Gasteiger partial charge in [0.05, 0.1) is 0 Å². The van der Waals surface area contributed by atoms with Gasteiger partial charge in [-0.05, 0) is 45.1 Å². The molecule has 2 N–H and O–H groups in total. The zero-order valence-electron chi connectivity index (χ0n) is 12.8. The number of rotatable bonds is 8. The van der Waals surface area contributed by atoms with Crippen molar-refractivity contribution in [2.24, 2.45) is 11.7 Å². The van der Waals surface area contributed by atoms with Crippen molar-refractivity contribution in [2.45, 2.75) is 84.2 Å². The molecule has 1 saturated carbocycles. The van der Waals surface area contributed by atoms with E-state index in [1.54, 1.807) is 0 Å². The third-order valence-corrected chi connectivity index (χ3v) is 4.40. The summed E-state index contributed by atoms with van der Waals surface area (Å²) in [5.74, 6) is 0.825. The fourth-order valence-corrected chi connectivity index (χ4v) is 3.26. The maximum atomic E-state index is 5.81. The summed E-state index contributed by atoms with van der Waals surface area (Å²) >= 11 is 0. The lowest BCUT2D eigenvalue weighted by Gasteiger charge is -2.35. The van der Waals surface area contributed by atoms with Gasteiger partial charge < -0.3 is 10.6 Å². The lowest BCUT2D eigenvalue weighted by Crippen LogP contribution is -2.39. The van der Waals surface area contributed by atoms with Crippen LogP contribution in [0.2, 0.25) is 0 Å². The number of hydrogen-bond donors (Lipinski definition) is 1. The molecule has 0 aliphatic heterocycles. The molecule has 2 heteroatoms. The van der Waals surface area contributed by atoms with Gasteiger partial charge in [-0.25, -0.2) is 0 Å². The second-order valence-corrected chi connectivity index (χ2v) is 6.39. The molecule has 1 aliphatic carbocycles. The summed E-state index contributed by atoms with van der Waals surface area (Å²) in [6, 6.07) is 1.25. The molecule has 0 bridgehead atoms. The van der Waals surface area contributed by atoms with Gasteiger partial charge in [-0.1, -0.05) is 39.5 Å². The minimum atomic E-state index is 0.373. The standard InChI is InChI=1S/C16H34N2/c1-4-18(16-11-6-5-7-12-16)13-14(2)9-8-10-15(3)17/h14-16H,4-13,17H2,1-3H3. The van der Waals surface area contributed by atoms with Gasteiger partial charge in [0.25, 0.3) is 0 Å². The van der Waals surface area contributed by atoms with Crippen molar-refractivity contribution in [1.82, 2.24) is 4.90 Å². The molecule has 2 nitrogen and oxygen atoms in total. The van der Waals surface area contributed by atoms with Crippen LogP contribution in [0.5, 0.6) is 0 Å². The largest absolute Gasteiger partial charge is 0.328 e. The Labute approximate surface area is 114 Å². The zero-order chi connectivity index (χ0) is 13.4. The van der Waals surface area contributed by atoms with E-state index in [1.165, 1.54) is 64.5 Å². The van der Waals surface area contributed by atoms with Gasteiger partial charge in [0, 0.05) is 18.6 Å². The Hall–Kier alpha value is -0.0800. The fraction of sp³-hybridized carbons (Fsp3) is 1.00. The molecule has 1 fully saturated rings. The molecule has 1 aliphatic rings. The van der Waals surface area contributed by atoms with Crippen LogP contribution in [0.15, 0.2) is 0 Å². The molecule has 108 valence electrons. The monoisotopic (exact) mass is 254 g/mol. The van der Waals surface area contributed by atoms with E-state index in [4.69, 9.17) is 5.73 Å². The normalized spacial score (nSPS) is 21.2. The highest BCUT2D eigenvalue weighted by molar-refractivity contribution is 4.76. The van der Waals surface area contributed by atoms with E-state index < -0.39 is 0 Å². The first-order valence-corrected chi connectivity index (χ1v) is 8.13. The van der Waals surface area contributed by atoms with E-state index >= 15 is 0 Å². The van der Waals surface area contributed by atoms with Crippen LogP contribution in [-0.4, -0.2) is 30.1 Å². The van der Waals surface area contributed by atoms with Crippen LogP contribution in [-0.2, 0) is 0 Å². The summed E-state index contributed by atoms with van der Waals surface area (Å²) in [4.78, 5) is 2.73. The highest BCUT2D eigenvalue weighted by atomic mass is 15.1. The average molecular weight is 254 g/mol. The maximum absolute atomic E-state index is 5.81. The first-order chi connectivity index (χ1) is 8.63. The minimum absolute atomic E-state index is 0.373. The highest BCUT2D eigenvalue weighted by Gasteiger charge is 2.21. The molecule has 0 amide bonds. The number of hydrogen-bond acceptors (Lipinski definition) is 2. The minimum Gasteiger partial charge on any atom is -0.328 e. The van der Waals surface area contributed by atoms with Crippen molar-refractivity contribution in [3.05, 3.63) is 0 Å². The van der Waals surface area contributed by atoms with Crippen LogP contribution < -0.4 is 5.73 Å². The van der Waals surface area contributed by atoms with Crippen LogP contribution in [0.4, 0.5) is 0 Å². The zero-order valence-corrected chi connectivity index (χ0v) is 12.8. The summed E-state index contributed by atoms with van der Waals surface area (Å²) in [5, 5.41) is 0. The molecule has 2 unspecified atom stereocenters. The maximum Gasteiger partial charge on any atom is 0.00952 e. The molecule has 0 spiro atoms. The van der Waals surface area contributed by atoms with Gasteiger partial charge >= 0.3 is 0 Å². The fourth-order valence-electron chi connectivity index (χ4n) is 3.26.